The van der Waals surface area contributed by atoms with Gasteiger partial charge in [0.1, 0.15) is 5.72 Å². The van der Waals surface area contributed by atoms with E-state index in [1.54, 1.807) is 5.57 Å². The SMILES string of the molecule is C[C@@H]1CC[C@@]2(NC1)O[C@H]1C[C@H]3[C@@H]4CC=C5C[C@@H](O)CC[C@]5(C)[C@H]4CC[C@]3(C)[C@H]1[C@@H]2C.Cl. The minimum atomic E-state index is -0.100. The summed E-state index contributed by atoms with van der Waals surface area (Å²) in [5, 5.41) is 14.1. The standard InChI is InChI=1S/C27H43NO2.ClH/c1-16-7-12-27(28-15-16)17(2)24-23(30-27)14-22-20-6-5-18-13-19(29)8-10-25(18,3)21(20)9-11-26(22,24)4;/h5,16-17,19-24,28-29H,6-15H2,1-4H3;1H/t16-,17+,19+,20-,21+,22+,23+,24+,25+,26+,27-;/m1./s1. The van der Waals surface area contributed by atoms with E-state index >= 15 is 0 Å². The maximum atomic E-state index is 10.3. The molecular weight excluding hydrogens is 406 g/mol. The summed E-state index contributed by atoms with van der Waals surface area (Å²) in [6.07, 6.45) is 13.8. The fourth-order valence-corrected chi connectivity index (χ4v) is 9.84. The molecule has 0 aromatic rings. The lowest BCUT2D eigenvalue weighted by Gasteiger charge is -2.58. The summed E-state index contributed by atoms with van der Waals surface area (Å²) < 4.78 is 7.00. The van der Waals surface area contributed by atoms with Crippen molar-refractivity contribution in [1.29, 1.82) is 0 Å². The highest BCUT2D eigenvalue weighted by molar-refractivity contribution is 5.85. The first-order valence-corrected chi connectivity index (χ1v) is 13.1. The van der Waals surface area contributed by atoms with Gasteiger partial charge in [0.25, 0.3) is 0 Å². The number of rotatable bonds is 0. The van der Waals surface area contributed by atoms with Crippen LogP contribution < -0.4 is 5.32 Å². The first-order valence-electron chi connectivity index (χ1n) is 13.1. The molecule has 2 N–H and O–H groups in total. The third-order valence-corrected chi connectivity index (χ3v) is 11.6. The average Bonchev–Trinajstić information content (AvgIpc) is 3.16. The largest absolute Gasteiger partial charge is 0.393 e. The molecule has 6 aliphatic rings. The zero-order valence-electron chi connectivity index (χ0n) is 20.0. The van der Waals surface area contributed by atoms with Crippen molar-refractivity contribution < 1.29 is 9.84 Å². The quantitative estimate of drug-likeness (QED) is 0.465. The first kappa shape index (κ1) is 22.7. The van der Waals surface area contributed by atoms with Gasteiger partial charge in [0.05, 0.1) is 12.2 Å². The Hall–Kier alpha value is -0.0900. The van der Waals surface area contributed by atoms with Crippen LogP contribution in [0.15, 0.2) is 11.6 Å². The summed E-state index contributed by atoms with van der Waals surface area (Å²) in [6, 6.07) is 0. The van der Waals surface area contributed by atoms with E-state index in [0.717, 1.165) is 49.0 Å². The maximum Gasteiger partial charge on any atom is 0.122 e. The van der Waals surface area contributed by atoms with Crippen LogP contribution in [0.5, 0.6) is 0 Å². The summed E-state index contributed by atoms with van der Waals surface area (Å²) in [5.41, 5.74) is 2.33. The molecule has 0 aromatic carbocycles. The van der Waals surface area contributed by atoms with Crippen molar-refractivity contribution in [2.24, 2.45) is 46.3 Å². The molecule has 31 heavy (non-hydrogen) atoms. The number of allylic oxidation sites excluding steroid dienone is 1. The molecule has 11 atom stereocenters. The van der Waals surface area contributed by atoms with E-state index in [4.69, 9.17) is 4.74 Å². The minimum absolute atomic E-state index is 0. The van der Waals surface area contributed by atoms with Crippen LogP contribution in [-0.4, -0.2) is 29.6 Å². The Kier molecular flexibility index (Phi) is 5.46. The molecular formula is C27H44ClNO2. The van der Waals surface area contributed by atoms with E-state index in [9.17, 15) is 5.11 Å². The molecule has 5 fully saturated rings. The highest BCUT2D eigenvalue weighted by Crippen LogP contribution is 2.70. The first-order chi connectivity index (χ1) is 14.3. The monoisotopic (exact) mass is 449 g/mol. The highest BCUT2D eigenvalue weighted by Gasteiger charge is 2.68. The molecule has 2 heterocycles. The Morgan fingerprint density at radius 3 is 2.61 bits per heavy atom. The predicted molar refractivity (Wildman–Crippen MR) is 127 cm³/mol. The molecule has 0 radical (unpaired) electrons. The maximum absolute atomic E-state index is 10.3. The molecule has 2 aliphatic heterocycles. The van der Waals surface area contributed by atoms with Crippen LogP contribution in [0.4, 0.5) is 0 Å². The van der Waals surface area contributed by atoms with Crippen LogP contribution >= 0.6 is 12.4 Å². The van der Waals surface area contributed by atoms with Crippen molar-refractivity contribution in [2.45, 2.75) is 103 Å². The van der Waals surface area contributed by atoms with E-state index in [-0.39, 0.29) is 24.2 Å². The summed E-state index contributed by atoms with van der Waals surface area (Å²) in [5.74, 6) is 4.58. The van der Waals surface area contributed by atoms with Crippen molar-refractivity contribution in [2.75, 3.05) is 6.54 Å². The van der Waals surface area contributed by atoms with E-state index in [1.807, 2.05) is 0 Å². The van der Waals surface area contributed by atoms with Crippen molar-refractivity contribution >= 4 is 12.4 Å². The fourth-order valence-electron chi connectivity index (χ4n) is 9.84. The van der Waals surface area contributed by atoms with Gasteiger partial charge in [-0.25, -0.2) is 0 Å². The fraction of sp³-hybridized carbons (Fsp3) is 0.926. The molecule has 3 nitrogen and oxygen atoms in total. The second-order valence-corrected chi connectivity index (χ2v) is 12.8. The molecule has 0 bridgehead atoms. The molecule has 1 spiro atoms. The van der Waals surface area contributed by atoms with Crippen LogP contribution in [0.2, 0.25) is 0 Å². The molecule has 4 aliphatic carbocycles. The van der Waals surface area contributed by atoms with E-state index in [2.05, 4.69) is 39.1 Å². The van der Waals surface area contributed by atoms with Crippen molar-refractivity contribution in [1.82, 2.24) is 5.32 Å². The van der Waals surface area contributed by atoms with Gasteiger partial charge in [-0.15, -0.1) is 12.4 Å². The van der Waals surface area contributed by atoms with E-state index in [0.29, 0.717) is 22.9 Å². The molecule has 0 aromatic heterocycles. The molecule has 0 amide bonds. The van der Waals surface area contributed by atoms with Gasteiger partial charge < -0.3 is 9.84 Å². The number of halogens is 1. The van der Waals surface area contributed by atoms with Crippen molar-refractivity contribution in [3.05, 3.63) is 11.6 Å². The van der Waals surface area contributed by atoms with Gasteiger partial charge in [-0.05, 0) is 98.2 Å². The second-order valence-electron chi connectivity index (χ2n) is 12.8. The summed E-state index contributed by atoms with van der Waals surface area (Å²) >= 11 is 0. The lowest BCUT2D eigenvalue weighted by Crippen LogP contribution is -2.57. The zero-order chi connectivity index (χ0) is 20.9. The number of hydrogen-bond donors (Lipinski definition) is 2. The Morgan fingerprint density at radius 1 is 1.06 bits per heavy atom. The zero-order valence-corrected chi connectivity index (χ0v) is 20.8. The van der Waals surface area contributed by atoms with Gasteiger partial charge in [0, 0.05) is 12.5 Å². The molecule has 0 unspecified atom stereocenters. The number of aliphatic hydroxyl groups is 1. The highest BCUT2D eigenvalue weighted by atomic mass is 35.5. The number of nitrogens with one attached hydrogen (secondary N) is 1. The normalized spacial score (nSPS) is 57.9. The van der Waals surface area contributed by atoms with E-state index < -0.39 is 0 Å². The Balaban J connectivity index is 0.00000204. The van der Waals surface area contributed by atoms with Gasteiger partial charge in [0.2, 0.25) is 0 Å². The van der Waals surface area contributed by atoms with Gasteiger partial charge >= 0.3 is 0 Å². The topological polar surface area (TPSA) is 41.5 Å². The smallest absolute Gasteiger partial charge is 0.122 e. The van der Waals surface area contributed by atoms with Crippen LogP contribution in [0.25, 0.3) is 0 Å². The Bertz CT molecular complexity index is 746. The number of hydrogen-bond acceptors (Lipinski definition) is 3. The third kappa shape index (κ3) is 3.01. The summed E-state index contributed by atoms with van der Waals surface area (Å²) in [4.78, 5) is 0. The van der Waals surface area contributed by atoms with E-state index in [1.165, 1.54) is 44.9 Å². The molecule has 176 valence electrons. The van der Waals surface area contributed by atoms with Gasteiger partial charge in [-0.2, -0.15) is 0 Å². The predicted octanol–water partition coefficient (Wildman–Crippen LogP) is 5.71. The molecule has 3 saturated carbocycles. The van der Waals surface area contributed by atoms with Crippen LogP contribution in [0.1, 0.15) is 85.5 Å². The lowest BCUT2D eigenvalue weighted by molar-refractivity contribution is -0.115. The van der Waals surface area contributed by atoms with Gasteiger partial charge in [0.15, 0.2) is 0 Å². The number of piperidine rings is 1. The van der Waals surface area contributed by atoms with Crippen molar-refractivity contribution in [3.63, 3.8) is 0 Å². The number of aliphatic hydroxyl groups excluding tert-OH is 1. The summed E-state index contributed by atoms with van der Waals surface area (Å²) in [7, 11) is 0. The summed E-state index contributed by atoms with van der Waals surface area (Å²) in [6.45, 7) is 11.2. The van der Waals surface area contributed by atoms with Crippen LogP contribution in [0, 0.1) is 46.3 Å². The van der Waals surface area contributed by atoms with Crippen molar-refractivity contribution in [3.8, 4) is 0 Å². The second kappa shape index (κ2) is 7.45. The average molecular weight is 450 g/mol. The third-order valence-electron chi connectivity index (χ3n) is 11.6. The lowest BCUT2D eigenvalue weighted by atomic mass is 9.47. The number of fused-ring (bicyclic) bond motifs is 7. The molecule has 4 heteroatoms. The van der Waals surface area contributed by atoms with Gasteiger partial charge in [-0.1, -0.05) is 39.3 Å². The van der Waals surface area contributed by atoms with Crippen LogP contribution in [0.3, 0.4) is 0 Å². The van der Waals surface area contributed by atoms with Gasteiger partial charge in [-0.3, -0.25) is 5.32 Å². The Morgan fingerprint density at radius 2 is 1.87 bits per heavy atom. The molecule has 2 saturated heterocycles. The Labute approximate surface area is 195 Å². The number of ether oxygens (including phenoxy) is 1. The minimum Gasteiger partial charge on any atom is -0.393 e. The van der Waals surface area contributed by atoms with Crippen LogP contribution in [-0.2, 0) is 4.74 Å². The molecule has 6 rings (SSSR count).